The quantitative estimate of drug-likeness (QED) is 0.749. The van der Waals surface area contributed by atoms with Crippen molar-refractivity contribution in [1.82, 2.24) is 9.47 Å². The summed E-state index contributed by atoms with van der Waals surface area (Å²) >= 11 is 0. The fraction of sp³-hybridized carbons (Fsp3) is 0.286. The molecule has 2 aliphatic rings. The van der Waals surface area contributed by atoms with Gasteiger partial charge in [0.2, 0.25) is 5.76 Å². The monoisotopic (exact) mass is 380 g/mol. The lowest BCUT2D eigenvalue weighted by molar-refractivity contribution is 0.0656. The molecule has 0 spiro atoms. The summed E-state index contributed by atoms with van der Waals surface area (Å²) in [4.78, 5) is 13.4. The zero-order valence-corrected chi connectivity index (χ0v) is 15.2. The predicted molar refractivity (Wildman–Crippen MR) is 99.8 cm³/mol. The predicted octanol–water partition coefficient (Wildman–Crippen LogP) is 3.16. The van der Waals surface area contributed by atoms with Crippen molar-refractivity contribution in [1.29, 1.82) is 0 Å². The van der Waals surface area contributed by atoms with Crippen molar-refractivity contribution in [2.75, 3.05) is 19.8 Å². The molecule has 4 heterocycles. The Bertz CT molecular complexity index is 1020. The number of rotatable bonds is 4. The van der Waals surface area contributed by atoms with E-state index in [-0.39, 0.29) is 11.8 Å². The zero-order chi connectivity index (χ0) is 19.1. The molecule has 5 rings (SSSR count). The number of furan rings is 1. The molecule has 1 unspecified atom stereocenters. The highest BCUT2D eigenvalue weighted by atomic mass is 16.6. The van der Waals surface area contributed by atoms with E-state index in [1.165, 1.54) is 11.8 Å². The number of aromatic carboxylic acids is 1. The molecule has 0 fully saturated rings. The minimum Gasteiger partial charge on any atom is -0.486 e. The lowest BCUT2D eigenvalue weighted by Gasteiger charge is -2.37. The van der Waals surface area contributed by atoms with Gasteiger partial charge in [-0.25, -0.2) is 4.79 Å². The molecule has 1 atom stereocenters. The van der Waals surface area contributed by atoms with Crippen LogP contribution < -0.4 is 9.47 Å². The molecule has 7 nitrogen and oxygen atoms in total. The van der Waals surface area contributed by atoms with Crippen LogP contribution in [0.5, 0.6) is 11.5 Å². The molecule has 0 saturated carbocycles. The van der Waals surface area contributed by atoms with Crippen LogP contribution in [0.2, 0.25) is 0 Å². The van der Waals surface area contributed by atoms with E-state index in [1.54, 1.807) is 6.07 Å². The molecule has 0 aliphatic carbocycles. The van der Waals surface area contributed by atoms with Gasteiger partial charge >= 0.3 is 5.97 Å². The van der Waals surface area contributed by atoms with Gasteiger partial charge in [-0.05, 0) is 42.0 Å². The van der Waals surface area contributed by atoms with Gasteiger partial charge in [-0.2, -0.15) is 0 Å². The van der Waals surface area contributed by atoms with Gasteiger partial charge in [0.15, 0.2) is 11.5 Å². The molecular weight excluding hydrogens is 360 g/mol. The summed E-state index contributed by atoms with van der Waals surface area (Å²) in [6.07, 6.45) is 2.09. The average Bonchev–Trinajstić information content (AvgIpc) is 3.37. The Labute approximate surface area is 161 Å². The Morgan fingerprint density at radius 1 is 1.07 bits per heavy atom. The highest BCUT2D eigenvalue weighted by molar-refractivity contribution is 5.84. The fourth-order valence-corrected chi connectivity index (χ4v) is 3.99. The second-order valence-corrected chi connectivity index (χ2v) is 6.97. The number of hydrogen-bond donors (Lipinski definition) is 1. The zero-order valence-electron chi connectivity index (χ0n) is 15.2. The van der Waals surface area contributed by atoms with Crippen LogP contribution >= 0.6 is 0 Å². The molecule has 1 aromatic carbocycles. The molecule has 2 aliphatic heterocycles. The number of carbonyl (C=O) groups is 1. The molecular formula is C21H20N2O5. The summed E-state index contributed by atoms with van der Waals surface area (Å²) in [6, 6.07) is 13.5. The minimum atomic E-state index is -1.05. The highest BCUT2D eigenvalue weighted by Crippen LogP contribution is 2.38. The second-order valence-electron chi connectivity index (χ2n) is 6.97. The van der Waals surface area contributed by atoms with Crippen LogP contribution in [0.3, 0.4) is 0 Å². The van der Waals surface area contributed by atoms with Gasteiger partial charge in [0.05, 0.1) is 12.6 Å². The first-order valence-corrected chi connectivity index (χ1v) is 9.30. The third-order valence-corrected chi connectivity index (χ3v) is 5.25. The molecule has 3 aromatic rings. The minimum absolute atomic E-state index is 0.0120. The van der Waals surface area contributed by atoms with Crippen LogP contribution in [-0.2, 0) is 13.1 Å². The van der Waals surface area contributed by atoms with Crippen molar-refractivity contribution in [2.45, 2.75) is 19.1 Å². The van der Waals surface area contributed by atoms with Crippen molar-refractivity contribution in [3.8, 4) is 11.5 Å². The number of benzene rings is 1. The number of carboxylic acids is 1. The standard InChI is InChI=1S/C21H20N2O5/c24-21(25)18-6-4-15(28-18)13-23-9-8-22-7-1-2-16(22)20(23)14-3-5-17-19(12-14)27-11-10-26-17/h1-7,12,20H,8-11,13H2,(H,24,25). The highest BCUT2D eigenvalue weighted by Gasteiger charge is 2.30. The van der Waals surface area contributed by atoms with E-state index >= 15 is 0 Å². The summed E-state index contributed by atoms with van der Waals surface area (Å²) in [7, 11) is 0. The van der Waals surface area contributed by atoms with Crippen LogP contribution in [0.4, 0.5) is 0 Å². The third kappa shape index (κ3) is 2.93. The van der Waals surface area contributed by atoms with E-state index in [0.717, 1.165) is 30.2 Å². The molecule has 0 amide bonds. The van der Waals surface area contributed by atoms with E-state index in [4.69, 9.17) is 19.0 Å². The summed E-state index contributed by atoms with van der Waals surface area (Å²) < 4.78 is 19.2. The van der Waals surface area contributed by atoms with Gasteiger partial charge in [0, 0.05) is 25.0 Å². The number of hydrogen-bond acceptors (Lipinski definition) is 5. The van der Waals surface area contributed by atoms with E-state index in [9.17, 15) is 4.79 Å². The van der Waals surface area contributed by atoms with E-state index < -0.39 is 5.97 Å². The number of nitrogens with zero attached hydrogens (tertiary/aromatic N) is 2. The Kier molecular flexibility index (Phi) is 4.09. The topological polar surface area (TPSA) is 77.1 Å². The summed E-state index contributed by atoms with van der Waals surface area (Å²) in [5.74, 6) is 1.08. The Hall–Kier alpha value is -3.19. The van der Waals surface area contributed by atoms with Gasteiger partial charge in [0.1, 0.15) is 19.0 Å². The summed E-state index contributed by atoms with van der Waals surface area (Å²) in [5, 5.41) is 9.11. The Morgan fingerprint density at radius 2 is 1.93 bits per heavy atom. The molecule has 1 N–H and O–H groups in total. The molecule has 0 bridgehead atoms. The SMILES string of the molecule is O=C(O)c1ccc(CN2CCn3cccc3C2c2ccc3c(c2)OCCO3)o1. The average molecular weight is 380 g/mol. The number of aromatic nitrogens is 1. The molecule has 0 radical (unpaired) electrons. The Morgan fingerprint density at radius 3 is 2.75 bits per heavy atom. The van der Waals surface area contributed by atoms with E-state index in [2.05, 4.69) is 33.9 Å². The van der Waals surface area contributed by atoms with Crippen LogP contribution in [0.15, 0.2) is 53.1 Å². The number of carboxylic acid groups (broad SMARTS) is 1. The van der Waals surface area contributed by atoms with Crippen LogP contribution in [0.1, 0.15) is 33.6 Å². The van der Waals surface area contributed by atoms with Gasteiger partial charge in [-0.1, -0.05) is 6.07 Å². The molecule has 7 heteroatoms. The van der Waals surface area contributed by atoms with Crippen molar-refractivity contribution < 1.29 is 23.8 Å². The van der Waals surface area contributed by atoms with Crippen molar-refractivity contribution in [2.24, 2.45) is 0 Å². The largest absolute Gasteiger partial charge is 0.486 e. The van der Waals surface area contributed by atoms with Crippen LogP contribution in [0.25, 0.3) is 0 Å². The van der Waals surface area contributed by atoms with Gasteiger partial charge < -0.3 is 23.6 Å². The summed E-state index contributed by atoms with van der Waals surface area (Å²) in [6.45, 7) is 3.33. The molecule has 0 saturated heterocycles. The first-order valence-electron chi connectivity index (χ1n) is 9.30. The van der Waals surface area contributed by atoms with Crippen LogP contribution in [-0.4, -0.2) is 40.3 Å². The van der Waals surface area contributed by atoms with Crippen LogP contribution in [0, 0.1) is 0 Å². The molecule has 28 heavy (non-hydrogen) atoms. The first kappa shape index (κ1) is 16.9. The lowest BCUT2D eigenvalue weighted by atomic mass is 9.99. The van der Waals surface area contributed by atoms with Crippen molar-refractivity contribution in [3.05, 3.63) is 71.4 Å². The van der Waals surface area contributed by atoms with Crippen molar-refractivity contribution >= 4 is 5.97 Å². The smallest absolute Gasteiger partial charge is 0.371 e. The maximum Gasteiger partial charge on any atom is 0.371 e. The van der Waals surface area contributed by atoms with E-state index in [1.807, 2.05) is 12.1 Å². The maximum absolute atomic E-state index is 11.1. The van der Waals surface area contributed by atoms with E-state index in [0.29, 0.717) is 25.5 Å². The van der Waals surface area contributed by atoms with Gasteiger partial charge in [-0.3, -0.25) is 4.90 Å². The molecule has 144 valence electrons. The Balaban J connectivity index is 1.50. The molecule has 2 aromatic heterocycles. The number of ether oxygens (including phenoxy) is 2. The van der Waals surface area contributed by atoms with Gasteiger partial charge in [0.25, 0.3) is 0 Å². The van der Waals surface area contributed by atoms with Crippen molar-refractivity contribution in [3.63, 3.8) is 0 Å². The fourth-order valence-electron chi connectivity index (χ4n) is 3.99. The third-order valence-electron chi connectivity index (χ3n) is 5.25. The second kappa shape index (κ2) is 6.76. The summed E-state index contributed by atoms with van der Waals surface area (Å²) in [5.41, 5.74) is 2.29. The maximum atomic E-state index is 11.1. The first-order chi connectivity index (χ1) is 13.7. The normalized spacial score (nSPS) is 18.6. The lowest BCUT2D eigenvalue weighted by Crippen LogP contribution is -2.37. The number of fused-ring (bicyclic) bond motifs is 2. The van der Waals surface area contributed by atoms with Gasteiger partial charge in [-0.15, -0.1) is 0 Å².